The molecule has 1 saturated heterocycles. The Morgan fingerprint density at radius 3 is 2.58 bits per heavy atom. The summed E-state index contributed by atoms with van der Waals surface area (Å²) >= 11 is 3.50. The lowest BCUT2D eigenvalue weighted by molar-refractivity contribution is 0.440. The lowest BCUT2D eigenvalue weighted by atomic mass is 9.95. The first-order valence-corrected chi connectivity index (χ1v) is 8.10. The summed E-state index contributed by atoms with van der Waals surface area (Å²) in [5, 5.41) is 0. The van der Waals surface area contributed by atoms with Crippen LogP contribution in [-0.2, 0) is 4.08 Å². The third kappa shape index (κ3) is 1.37. The van der Waals surface area contributed by atoms with Gasteiger partial charge in [0.05, 0.1) is 5.56 Å². The van der Waals surface area contributed by atoms with Crippen molar-refractivity contribution in [3.63, 3.8) is 0 Å². The molecule has 96 valence electrons. The number of fused-ring (bicyclic) bond motifs is 4. The van der Waals surface area contributed by atoms with Crippen molar-refractivity contribution < 1.29 is 4.74 Å². The molecule has 0 N–H and O–H groups in total. The molecule has 4 rings (SSSR count). The second-order valence-corrected chi connectivity index (χ2v) is 7.50. The molecule has 19 heavy (non-hydrogen) atoms. The van der Waals surface area contributed by atoms with E-state index in [0.717, 1.165) is 23.5 Å². The Balaban J connectivity index is 2.01. The minimum Gasteiger partial charge on any atom is -0.452 e. The zero-order chi connectivity index (χ0) is 13.0. The first-order chi connectivity index (χ1) is 9.24. The minimum atomic E-state index is -0.476. The van der Waals surface area contributed by atoms with Gasteiger partial charge in [0.25, 0.3) is 5.43 Å². The predicted molar refractivity (Wildman–Crippen MR) is 78.2 cm³/mol. The standard InChI is InChI=1S/C14H10O3S2/c15-11-10-13(12(11)16)17-9-5-2-1-4-8(9)14(10)18-6-3-7-19-14/h1-2,4-5H,3,6-7H2. The number of para-hydroxylation sites is 1. The van der Waals surface area contributed by atoms with Crippen molar-refractivity contribution in [3.05, 3.63) is 55.8 Å². The third-order valence-electron chi connectivity index (χ3n) is 3.55. The molecule has 0 saturated carbocycles. The molecule has 2 aromatic rings. The lowest BCUT2D eigenvalue weighted by Crippen LogP contribution is -2.46. The summed E-state index contributed by atoms with van der Waals surface area (Å²) in [6.45, 7) is 0. The van der Waals surface area contributed by atoms with Crippen molar-refractivity contribution in [2.45, 2.75) is 10.5 Å². The quantitative estimate of drug-likeness (QED) is 0.697. The van der Waals surface area contributed by atoms with Gasteiger partial charge in [-0.15, -0.1) is 23.5 Å². The Labute approximate surface area is 118 Å². The van der Waals surface area contributed by atoms with Gasteiger partial charge in [-0.25, -0.2) is 0 Å². The van der Waals surface area contributed by atoms with Gasteiger partial charge in [-0.1, -0.05) is 18.2 Å². The van der Waals surface area contributed by atoms with E-state index in [9.17, 15) is 9.59 Å². The van der Waals surface area contributed by atoms with Crippen LogP contribution in [0.1, 0.15) is 17.5 Å². The predicted octanol–water partition coefficient (Wildman–Crippen LogP) is 2.46. The summed E-state index contributed by atoms with van der Waals surface area (Å²) in [5.41, 5.74) is 0.747. The Kier molecular flexibility index (Phi) is 2.38. The van der Waals surface area contributed by atoms with E-state index in [0.29, 0.717) is 11.3 Å². The molecule has 1 fully saturated rings. The SMILES string of the molecule is O=c1c2c(c1=O)C1(SCCCS1)c1ccccc1O2. The lowest BCUT2D eigenvalue weighted by Gasteiger charge is -2.41. The van der Waals surface area contributed by atoms with Crippen molar-refractivity contribution in [3.8, 4) is 11.5 Å². The van der Waals surface area contributed by atoms with Crippen molar-refractivity contribution in [2.75, 3.05) is 11.5 Å². The average Bonchev–Trinajstić information content (AvgIpc) is 2.47. The molecule has 2 aliphatic heterocycles. The van der Waals surface area contributed by atoms with E-state index in [-0.39, 0.29) is 11.2 Å². The summed E-state index contributed by atoms with van der Waals surface area (Å²) in [5.74, 6) is 2.98. The maximum atomic E-state index is 12.0. The zero-order valence-corrected chi connectivity index (χ0v) is 11.6. The molecule has 0 bridgehead atoms. The number of ether oxygens (including phenoxy) is 1. The van der Waals surface area contributed by atoms with Gasteiger partial charge in [0.15, 0.2) is 5.75 Å². The molecule has 0 amide bonds. The van der Waals surface area contributed by atoms with Crippen LogP contribution in [0.3, 0.4) is 0 Å². The summed E-state index contributed by atoms with van der Waals surface area (Å²) in [4.78, 5) is 23.6. The Hall–Kier alpha value is -1.20. The van der Waals surface area contributed by atoms with Crippen molar-refractivity contribution >= 4 is 23.5 Å². The van der Waals surface area contributed by atoms with E-state index in [1.807, 2.05) is 24.3 Å². The highest BCUT2D eigenvalue weighted by Gasteiger charge is 2.50. The number of thioether (sulfide) groups is 2. The summed E-state index contributed by atoms with van der Waals surface area (Å²) < 4.78 is 5.20. The van der Waals surface area contributed by atoms with Crippen LogP contribution in [0.25, 0.3) is 0 Å². The number of rotatable bonds is 0. The van der Waals surface area contributed by atoms with Crippen LogP contribution in [0, 0.1) is 0 Å². The molecule has 0 radical (unpaired) electrons. The van der Waals surface area contributed by atoms with Crippen molar-refractivity contribution in [1.82, 2.24) is 0 Å². The highest BCUT2D eigenvalue weighted by molar-refractivity contribution is 8.18. The van der Waals surface area contributed by atoms with Gasteiger partial charge < -0.3 is 4.74 Å². The molecule has 0 aliphatic carbocycles. The first-order valence-electron chi connectivity index (χ1n) is 6.13. The molecule has 3 nitrogen and oxygen atoms in total. The van der Waals surface area contributed by atoms with Gasteiger partial charge in [-0.3, -0.25) is 9.59 Å². The van der Waals surface area contributed by atoms with Crippen LogP contribution in [0.2, 0.25) is 0 Å². The van der Waals surface area contributed by atoms with E-state index in [1.165, 1.54) is 0 Å². The molecule has 0 unspecified atom stereocenters. The minimum absolute atomic E-state index is 0.269. The van der Waals surface area contributed by atoms with Crippen LogP contribution in [0.5, 0.6) is 11.5 Å². The zero-order valence-electron chi connectivity index (χ0n) is 9.97. The van der Waals surface area contributed by atoms with E-state index >= 15 is 0 Å². The Bertz CT molecular complexity index is 737. The van der Waals surface area contributed by atoms with Gasteiger partial charge in [-0.2, -0.15) is 0 Å². The van der Waals surface area contributed by atoms with Crippen LogP contribution >= 0.6 is 23.5 Å². The highest BCUT2D eigenvalue weighted by atomic mass is 32.2. The van der Waals surface area contributed by atoms with Gasteiger partial charge in [0.2, 0.25) is 5.43 Å². The number of hydrogen-bond acceptors (Lipinski definition) is 5. The fraction of sp³-hybridized carbons (Fsp3) is 0.286. The van der Waals surface area contributed by atoms with E-state index in [4.69, 9.17) is 4.74 Å². The van der Waals surface area contributed by atoms with Gasteiger partial charge in [0.1, 0.15) is 9.83 Å². The van der Waals surface area contributed by atoms with Crippen LogP contribution in [0.4, 0.5) is 0 Å². The van der Waals surface area contributed by atoms with Crippen LogP contribution in [0.15, 0.2) is 33.9 Å². The maximum absolute atomic E-state index is 12.0. The van der Waals surface area contributed by atoms with Gasteiger partial charge >= 0.3 is 0 Å². The van der Waals surface area contributed by atoms with Gasteiger partial charge in [-0.05, 0) is 24.0 Å². The molecular formula is C14H10O3S2. The average molecular weight is 290 g/mol. The summed E-state index contributed by atoms with van der Waals surface area (Å²) in [7, 11) is 0. The van der Waals surface area contributed by atoms with E-state index < -0.39 is 9.51 Å². The molecule has 1 spiro atoms. The van der Waals surface area contributed by atoms with Gasteiger partial charge in [0, 0.05) is 5.56 Å². The van der Waals surface area contributed by atoms with Crippen molar-refractivity contribution in [1.29, 1.82) is 0 Å². The summed E-state index contributed by atoms with van der Waals surface area (Å²) in [6.07, 6.45) is 1.13. The van der Waals surface area contributed by atoms with Crippen molar-refractivity contribution in [2.24, 2.45) is 0 Å². The molecule has 0 atom stereocenters. The molecule has 2 heterocycles. The van der Waals surface area contributed by atoms with Crippen LogP contribution < -0.4 is 15.6 Å². The highest BCUT2D eigenvalue weighted by Crippen LogP contribution is 2.60. The molecule has 5 heteroatoms. The second kappa shape index (κ2) is 3.90. The van der Waals surface area contributed by atoms with Crippen LogP contribution in [-0.4, -0.2) is 11.5 Å². The summed E-state index contributed by atoms with van der Waals surface area (Å²) in [6, 6.07) is 7.71. The van der Waals surface area contributed by atoms with E-state index in [1.54, 1.807) is 23.5 Å². The largest absolute Gasteiger partial charge is 0.452 e. The monoisotopic (exact) mass is 290 g/mol. The Morgan fingerprint density at radius 2 is 1.79 bits per heavy atom. The molecule has 0 aromatic heterocycles. The topological polar surface area (TPSA) is 43.4 Å². The number of benzene rings is 1. The third-order valence-corrected chi connectivity index (χ3v) is 6.90. The van der Waals surface area contributed by atoms with E-state index in [2.05, 4.69) is 0 Å². The smallest absolute Gasteiger partial charge is 0.269 e. The fourth-order valence-corrected chi connectivity index (χ4v) is 6.15. The second-order valence-electron chi connectivity index (χ2n) is 4.63. The molecule has 2 aromatic carbocycles. The Morgan fingerprint density at radius 1 is 1.05 bits per heavy atom. The normalized spacial score (nSPS) is 19.8. The molecular weight excluding hydrogens is 280 g/mol. The molecule has 2 aliphatic rings. The maximum Gasteiger partial charge on any atom is 0.269 e. The number of hydrogen-bond donors (Lipinski definition) is 0. The fourth-order valence-electron chi connectivity index (χ4n) is 2.67. The first kappa shape index (κ1) is 11.6.